The Balaban J connectivity index is 2.17. The summed E-state index contributed by atoms with van der Waals surface area (Å²) in [6, 6.07) is 11.5. The largest absolute Gasteiger partial charge is 0.361 e. The van der Waals surface area contributed by atoms with Crippen molar-refractivity contribution in [1.29, 1.82) is 0 Å². The van der Waals surface area contributed by atoms with Gasteiger partial charge in [-0.25, -0.2) is 0 Å². The van der Waals surface area contributed by atoms with Gasteiger partial charge in [-0.3, -0.25) is 9.78 Å². The monoisotopic (exact) mass is 278 g/mol. The standard InChI is InChI=1S/C18H18N2O/c1-18(2,3)17-11-13(6-8-20-17)12-4-5-15-14(10-12)16(21)7-9-19-15/h4-11H,1-3H3,(H,19,21). The summed E-state index contributed by atoms with van der Waals surface area (Å²) in [7, 11) is 0. The molecule has 3 aromatic rings. The van der Waals surface area contributed by atoms with E-state index < -0.39 is 0 Å². The van der Waals surface area contributed by atoms with E-state index in [-0.39, 0.29) is 10.8 Å². The Bertz CT molecular complexity index is 857. The molecular weight excluding hydrogens is 260 g/mol. The molecule has 0 spiro atoms. The summed E-state index contributed by atoms with van der Waals surface area (Å²) < 4.78 is 0. The number of nitrogens with one attached hydrogen (secondary N) is 1. The number of nitrogens with zero attached hydrogens (tertiary/aromatic N) is 1. The molecule has 0 saturated heterocycles. The number of aromatic amines is 1. The number of aromatic nitrogens is 2. The van der Waals surface area contributed by atoms with E-state index >= 15 is 0 Å². The lowest BCUT2D eigenvalue weighted by Gasteiger charge is -2.18. The number of pyridine rings is 2. The molecule has 2 heterocycles. The molecule has 0 aliphatic carbocycles. The summed E-state index contributed by atoms with van der Waals surface area (Å²) in [4.78, 5) is 19.5. The maximum atomic E-state index is 12.0. The molecule has 21 heavy (non-hydrogen) atoms. The van der Waals surface area contributed by atoms with Gasteiger partial charge in [-0.2, -0.15) is 0 Å². The number of fused-ring (bicyclic) bond motifs is 1. The predicted octanol–water partition coefficient (Wildman–Crippen LogP) is 3.89. The van der Waals surface area contributed by atoms with Crippen LogP contribution in [0.1, 0.15) is 26.5 Å². The van der Waals surface area contributed by atoms with Crippen LogP contribution in [0.5, 0.6) is 0 Å². The first-order valence-electron chi connectivity index (χ1n) is 7.03. The van der Waals surface area contributed by atoms with E-state index in [4.69, 9.17) is 0 Å². The zero-order valence-electron chi connectivity index (χ0n) is 12.5. The molecule has 2 aromatic heterocycles. The van der Waals surface area contributed by atoms with Crippen molar-refractivity contribution >= 4 is 10.9 Å². The van der Waals surface area contributed by atoms with Crippen molar-refractivity contribution in [2.45, 2.75) is 26.2 Å². The third-order valence-electron chi connectivity index (χ3n) is 3.62. The Morgan fingerprint density at radius 3 is 2.52 bits per heavy atom. The van der Waals surface area contributed by atoms with Crippen LogP contribution in [-0.2, 0) is 5.41 Å². The zero-order valence-corrected chi connectivity index (χ0v) is 12.5. The van der Waals surface area contributed by atoms with Gasteiger partial charge in [0, 0.05) is 40.5 Å². The van der Waals surface area contributed by atoms with E-state index in [0.29, 0.717) is 5.39 Å². The van der Waals surface area contributed by atoms with E-state index in [1.54, 1.807) is 12.3 Å². The van der Waals surface area contributed by atoms with Gasteiger partial charge in [0.15, 0.2) is 5.43 Å². The van der Waals surface area contributed by atoms with Crippen LogP contribution in [0.15, 0.2) is 53.6 Å². The van der Waals surface area contributed by atoms with Crippen LogP contribution in [-0.4, -0.2) is 9.97 Å². The maximum Gasteiger partial charge on any atom is 0.189 e. The second-order valence-corrected chi connectivity index (χ2v) is 6.28. The lowest BCUT2D eigenvalue weighted by Crippen LogP contribution is -2.13. The van der Waals surface area contributed by atoms with Gasteiger partial charge in [-0.1, -0.05) is 26.8 Å². The third-order valence-corrected chi connectivity index (χ3v) is 3.62. The van der Waals surface area contributed by atoms with Crippen molar-refractivity contribution in [2.75, 3.05) is 0 Å². The SMILES string of the molecule is CC(C)(C)c1cc(-c2ccc3[nH]ccc(=O)c3c2)ccn1. The molecular formula is C18H18N2O. The lowest BCUT2D eigenvalue weighted by molar-refractivity contribution is 0.569. The molecule has 0 fully saturated rings. The molecule has 1 N–H and O–H groups in total. The molecule has 3 nitrogen and oxygen atoms in total. The van der Waals surface area contributed by atoms with E-state index in [2.05, 4.69) is 36.8 Å². The van der Waals surface area contributed by atoms with Gasteiger partial charge in [-0.05, 0) is 35.4 Å². The van der Waals surface area contributed by atoms with Crippen LogP contribution in [0, 0.1) is 0 Å². The highest BCUT2D eigenvalue weighted by Crippen LogP contribution is 2.26. The second kappa shape index (κ2) is 4.85. The fourth-order valence-corrected chi connectivity index (χ4v) is 2.37. The molecule has 0 radical (unpaired) electrons. The quantitative estimate of drug-likeness (QED) is 0.734. The molecule has 0 aliphatic rings. The number of rotatable bonds is 1. The first kappa shape index (κ1) is 13.6. The Labute approximate surface area is 123 Å². The van der Waals surface area contributed by atoms with Crippen LogP contribution in [0.4, 0.5) is 0 Å². The molecule has 106 valence electrons. The van der Waals surface area contributed by atoms with Gasteiger partial charge in [-0.15, -0.1) is 0 Å². The summed E-state index contributed by atoms with van der Waals surface area (Å²) in [6.07, 6.45) is 3.50. The third kappa shape index (κ3) is 2.59. The van der Waals surface area contributed by atoms with Gasteiger partial charge in [0.1, 0.15) is 0 Å². The fraction of sp³-hybridized carbons (Fsp3) is 0.222. The van der Waals surface area contributed by atoms with E-state index in [0.717, 1.165) is 22.3 Å². The summed E-state index contributed by atoms with van der Waals surface area (Å²) in [5, 5.41) is 0.712. The fourth-order valence-electron chi connectivity index (χ4n) is 2.37. The van der Waals surface area contributed by atoms with Crippen molar-refractivity contribution < 1.29 is 0 Å². The zero-order chi connectivity index (χ0) is 15.0. The Hall–Kier alpha value is -2.42. The number of benzene rings is 1. The average Bonchev–Trinajstić information content (AvgIpc) is 2.47. The second-order valence-electron chi connectivity index (χ2n) is 6.28. The lowest BCUT2D eigenvalue weighted by atomic mass is 9.90. The van der Waals surface area contributed by atoms with Crippen molar-refractivity contribution in [1.82, 2.24) is 9.97 Å². The number of H-pyrrole nitrogens is 1. The predicted molar refractivity (Wildman–Crippen MR) is 86.5 cm³/mol. The van der Waals surface area contributed by atoms with Crippen LogP contribution in [0.2, 0.25) is 0 Å². The molecule has 1 aromatic carbocycles. The van der Waals surface area contributed by atoms with Crippen molar-refractivity contribution in [3.05, 3.63) is 64.7 Å². The van der Waals surface area contributed by atoms with Gasteiger partial charge in [0.2, 0.25) is 0 Å². The number of hydrogen-bond acceptors (Lipinski definition) is 2. The first-order chi connectivity index (χ1) is 9.95. The number of hydrogen-bond donors (Lipinski definition) is 1. The minimum Gasteiger partial charge on any atom is -0.361 e. The molecule has 0 amide bonds. The highest BCUT2D eigenvalue weighted by Gasteiger charge is 2.15. The Kier molecular flexibility index (Phi) is 3.13. The molecule has 0 bridgehead atoms. The molecule has 0 aliphatic heterocycles. The smallest absolute Gasteiger partial charge is 0.189 e. The minimum absolute atomic E-state index is 0.00430. The normalized spacial score (nSPS) is 11.8. The average molecular weight is 278 g/mol. The summed E-state index contributed by atoms with van der Waals surface area (Å²) in [6.45, 7) is 6.43. The van der Waals surface area contributed by atoms with Crippen molar-refractivity contribution in [3.63, 3.8) is 0 Å². The van der Waals surface area contributed by atoms with Crippen LogP contribution in [0.25, 0.3) is 22.0 Å². The molecule has 0 atom stereocenters. The van der Waals surface area contributed by atoms with E-state index in [1.165, 1.54) is 0 Å². The van der Waals surface area contributed by atoms with Crippen LogP contribution in [0.3, 0.4) is 0 Å². The maximum absolute atomic E-state index is 12.0. The van der Waals surface area contributed by atoms with Gasteiger partial charge >= 0.3 is 0 Å². The summed E-state index contributed by atoms with van der Waals surface area (Å²) in [5.74, 6) is 0. The Morgan fingerprint density at radius 1 is 1.00 bits per heavy atom. The Morgan fingerprint density at radius 2 is 1.76 bits per heavy atom. The van der Waals surface area contributed by atoms with Crippen molar-refractivity contribution in [3.8, 4) is 11.1 Å². The first-order valence-corrected chi connectivity index (χ1v) is 7.03. The molecule has 3 heteroatoms. The van der Waals surface area contributed by atoms with Crippen LogP contribution >= 0.6 is 0 Å². The van der Waals surface area contributed by atoms with Crippen LogP contribution < -0.4 is 5.43 Å². The molecule has 0 saturated carbocycles. The minimum atomic E-state index is 0.00430. The highest BCUT2D eigenvalue weighted by atomic mass is 16.1. The topological polar surface area (TPSA) is 45.8 Å². The molecule has 3 rings (SSSR count). The van der Waals surface area contributed by atoms with Gasteiger partial charge in [0.05, 0.1) is 0 Å². The summed E-state index contributed by atoms with van der Waals surface area (Å²) in [5.41, 5.74) is 4.06. The van der Waals surface area contributed by atoms with Gasteiger partial charge < -0.3 is 4.98 Å². The van der Waals surface area contributed by atoms with Gasteiger partial charge in [0.25, 0.3) is 0 Å². The highest BCUT2D eigenvalue weighted by molar-refractivity contribution is 5.84. The summed E-state index contributed by atoms with van der Waals surface area (Å²) >= 11 is 0. The molecule has 0 unspecified atom stereocenters. The van der Waals surface area contributed by atoms with E-state index in [1.807, 2.05) is 30.5 Å². The van der Waals surface area contributed by atoms with Crippen molar-refractivity contribution in [2.24, 2.45) is 0 Å². The van der Waals surface area contributed by atoms with E-state index in [9.17, 15) is 4.79 Å².